The number of halogens is 1. The third-order valence-electron chi connectivity index (χ3n) is 2.69. The van der Waals surface area contributed by atoms with Crippen LogP contribution in [0.3, 0.4) is 0 Å². The van der Waals surface area contributed by atoms with Crippen molar-refractivity contribution in [3.05, 3.63) is 35.0 Å². The third kappa shape index (κ3) is 5.62. The fourth-order valence-electron chi connectivity index (χ4n) is 1.79. The zero-order valence-corrected chi connectivity index (χ0v) is 13.1. The lowest BCUT2D eigenvalue weighted by Gasteiger charge is -2.19. The van der Waals surface area contributed by atoms with Crippen molar-refractivity contribution in [2.45, 2.75) is 27.3 Å². The number of hydrogen-bond donors (Lipinski definition) is 1. The molecule has 0 atom stereocenters. The summed E-state index contributed by atoms with van der Waals surface area (Å²) < 4.78 is 0. The van der Waals surface area contributed by atoms with Crippen LogP contribution in [0.4, 0.5) is 5.82 Å². The van der Waals surface area contributed by atoms with Gasteiger partial charge < -0.3 is 10.2 Å². The Hall–Kier alpha value is -1.06. The zero-order chi connectivity index (χ0) is 14.4. The largest absolute Gasteiger partial charge is 0.356 e. The smallest absolute Gasteiger partial charge is 0.128 e. The Labute approximate surface area is 121 Å². The van der Waals surface area contributed by atoms with E-state index in [1.54, 1.807) is 6.20 Å². The van der Waals surface area contributed by atoms with Gasteiger partial charge in [0, 0.05) is 26.3 Å². The fraction of sp³-hybridized carbons (Fsp3) is 0.533. The van der Waals surface area contributed by atoms with Gasteiger partial charge in [0.25, 0.3) is 0 Å². The predicted octanol–water partition coefficient (Wildman–Crippen LogP) is 3.49. The van der Waals surface area contributed by atoms with Crippen LogP contribution in [-0.4, -0.2) is 25.1 Å². The van der Waals surface area contributed by atoms with E-state index in [1.807, 2.05) is 20.0 Å². The molecule has 3 nitrogen and oxygen atoms in total. The second kappa shape index (κ2) is 7.51. The minimum absolute atomic E-state index is 0.631. The van der Waals surface area contributed by atoms with Gasteiger partial charge in [-0.15, -0.1) is 0 Å². The van der Waals surface area contributed by atoms with E-state index >= 15 is 0 Å². The molecule has 0 aliphatic carbocycles. The number of anilines is 1. The van der Waals surface area contributed by atoms with Crippen LogP contribution < -0.4 is 10.2 Å². The summed E-state index contributed by atoms with van der Waals surface area (Å²) in [7, 11) is 2.01. The van der Waals surface area contributed by atoms with Gasteiger partial charge in [0.15, 0.2) is 0 Å². The van der Waals surface area contributed by atoms with E-state index in [-0.39, 0.29) is 0 Å². The van der Waals surface area contributed by atoms with Gasteiger partial charge in [-0.05, 0) is 31.0 Å². The molecule has 0 bridgehead atoms. The molecule has 1 aromatic heterocycles. The van der Waals surface area contributed by atoms with E-state index in [1.165, 1.54) is 0 Å². The van der Waals surface area contributed by atoms with Crippen LogP contribution in [-0.2, 0) is 6.54 Å². The molecule has 0 unspecified atom stereocenters. The summed E-state index contributed by atoms with van der Waals surface area (Å²) in [4.78, 5) is 6.43. The number of nitrogens with zero attached hydrogens (tertiary/aromatic N) is 2. The van der Waals surface area contributed by atoms with Crippen molar-refractivity contribution in [1.29, 1.82) is 0 Å². The summed E-state index contributed by atoms with van der Waals surface area (Å²) in [5.74, 6) is 1.56. The number of aromatic nitrogens is 1. The minimum Gasteiger partial charge on any atom is -0.356 e. The standard InChI is InChI=1S/C15H24ClN3/c1-11(2)7-17-8-13-6-15(18-9-14(13)16)19(5)10-12(3)4/h6,9,11,17H,3,7-8,10H2,1-2,4-5H3. The van der Waals surface area contributed by atoms with E-state index in [9.17, 15) is 0 Å². The quantitative estimate of drug-likeness (QED) is 0.776. The molecule has 0 radical (unpaired) electrons. The first-order valence-electron chi connectivity index (χ1n) is 6.60. The van der Waals surface area contributed by atoms with Gasteiger partial charge in [0.2, 0.25) is 0 Å². The highest BCUT2D eigenvalue weighted by atomic mass is 35.5. The van der Waals surface area contributed by atoms with E-state index < -0.39 is 0 Å². The molecule has 1 heterocycles. The Balaban J connectivity index is 2.73. The van der Waals surface area contributed by atoms with Crippen LogP contribution in [0.25, 0.3) is 0 Å². The Morgan fingerprint density at radius 1 is 1.53 bits per heavy atom. The molecule has 0 aromatic carbocycles. The number of pyridine rings is 1. The first-order chi connectivity index (χ1) is 8.90. The predicted molar refractivity (Wildman–Crippen MR) is 83.9 cm³/mol. The summed E-state index contributed by atoms with van der Waals surface area (Å²) in [6.07, 6.45) is 1.72. The van der Waals surface area contributed by atoms with E-state index in [2.05, 4.69) is 35.6 Å². The van der Waals surface area contributed by atoms with Crippen molar-refractivity contribution in [2.24, 2.45) is 5.92 Å². The van der Waals surface area contributed by atoms with Gasteiger partial charge in [-0.1, -0.05) is 37.6 Å². The highest BCUT2D eigenvalue weighted by Crippen LogP contribution is 2.20. The molecule has 0 spiro atoms. The second-order valence-electron chi connectivity index (χ2n) is 5.47. The monoisotopic (exact) mass is 281 g/mol. The van der Waals surface area contributed by atoms with Crippen LogP contribution in [0.15, 0.2) is 24.4 Å². The SMILES string of the molecule is C=C(C)CN(C)c1cc(CNCC(C)C)c(Cl)cn1. The third-order valence-corrected chi connectivity index (χ3v) is 3.03. The van der Waals surface area contributed by atoms with Gasteiger partial charge in [-0.25, -0.2) is 4.98 Å². The molecule has 0 saturated heterocycles. The molecule has 19 heavy (non-hydrogen) atoms. The Morgan fingerprint density at radius 3 is 2.79 bits per heavy atom. The average Bonchev–Trinajstić information content (AvgIpc) is 2.30. The van der Waals surface area contributed by atoms with Gasteiger partial charge in [-0.3, -0.25) is 0 Å². The topological polar surface area (TPSA) is 28.2 Å². The zero-order valence-electron chi connectivity index (χ0n) is 12.3. The Morgan fingerprint density at radius 2 is 2.21 bits per heavy atom. The highest BCUT2D eigenvalue weighted by molar-refractivity contribution is 6.31. The van der Waals surface area contributed by atoms with Gasteiger partial charge in [0.1, 0.15) is 5.82 Å². The Bertz CT molecular complexity index is 429. The van der Waals surface area contributed by atoms with Crippen molar-refractivity contribution in [3.8, 4) is 0 Å². The van der Waals surface area contributed by atoms with Crippen molar-refractivity contribution in [1.82, 2.24) is 10.3 Å². The maximum atomic E-state index is 6.18. The molecule has 0 saturated carbocycles. The first-order valence-corrected chi connectivity index (χ1v) is 6.98. The van der Waals surface area contributed by atoms with Crippen molar-refractivity contribution in [2.75, 3.05) is 25.0 Å². The average molecular weight is 282 g/mol. The lowest BCUT2D eigenvalue weighted by molar-refractivity contribution is 0.552. The number of likely N-dealkylation sites (N-methyl/N-ethyl adjacent to an activating group) is 1. The molecule has 0 fully saturated rings. The van der Waals surface area contributed by atoms with Crippen LogP contribution in [0.1, 0.15) is 26.3 Å². The molecule has 1 aromatic rings. The molecular weight excluding hydrogens is 258 g/mol. The second-order valence-corrected chi connectivity index (χ2v) is 5.88. The van der Waals surface area contributed by atoms with E-state index in [0.717, 1.165) is 36.6 Å². The van der Waals surface area contributed by atoms with Crippen LogP contribution in [0, 0.1) is 5.92 Å². The van der Waals surface area contributed by atoms with E-state index in [4.69, 9.17) is 11.6 Å². The normalized spacial score (nSPS) is 10.8. The summed E-state index contributed by atoms with van der Waals surface area (Å²) in [6, 6.07) is 2.04. The first kappa shape index (κ1) is 16.0. The molecule has 0 aliphatic rings. The molecular formula is C15H24ClN3. The maximum absolute atomic E-state index is 6.18. The lowest BCUT2D eigenvalue weighted by atomic mass is 10.2. The maximum Gasteiger partial charge on any atom is 0.128 e. The summed E-state index contributed by atoms with van der Waals surface area (Å²) >= 11 is 6.18. The van der Waals surface area contributed by atoms with Crippen molar-refractivity contribution >= 4 is 17.4 Å². The number of nitrogens with one attached hydrogen (secondary N) is 1. The van der Waals surface area contributed by atoms with Crippen LogP contribution in [0.5, 0.6) is 0 Å². The van der Waals surface area contributed by atoms with Gasteiger partial charge in [0.05, 0.1) is 5.02 Å². The van der Waals surface area contributed by atoms with Crippen molar-refractivity contribution < 1.29 is 0 Å². The molecule has 1 rings (SSSR count). The lowest BCUT2D eigenvalue weighted by Crippen LogP contribution is -2.22. The summed E-state index contributed by atoms with van der Waals surface area (Å²) in [5.41, 5.74) is 2.19. The summed E-state index contributed by atoms with van der Waals surface area (Å²) in [5, 5.41) is 4.11. The number of rotatable bonds is 7. The van der Waals surface area contributed by atoms with Crippen LogP contribution in [0.2, 0.25) is 5.02 Å². The van der Waals surface area contributed by atoms with Crippen molar-refractivity contribution in [3.63, 3.8) is 0 Å². The Kier molecular flexibility index (Phi) is 6.32. The van der Waals surface area contributed by atoms with Gasteiger partial charge >= 0.3 is 0 Å². The van der Waals surface area contributed by atoms with Crippen LogP contribution >= 0.6 is 11.6 Å². The molecule has 4 heteroatoms. The molecule has 0 aliphatic heterocycles. The molecule has 1 N–H and O–H groups in total. The fourth-order valence-corrected chi connectivity index (χ4v) is 1.96. The number of hydrogen-bond acceptors (Lipinski definition) is 3. The highest BCUT2D eigenvalue weighted by Gasteiger charge is 2.07. The molecule has 0 amide bonds. The molecule has 106 valence electrons. The van der Waals surface area contributed by atoms with Gasteiger partial charge in [-0.2, -0.15) is 0 Å². The summed E-state index contributed by atoms with van der Waals surface area (Å²) in [6.45, 7) is 12.9. The minimum atomic E-state index is 0.631. The van der Waals surface area contributed by atoms with E-state index in [0.29, 0.717) is 10.9 Å².